The maximum absolute atomic E-state index is 11.7. The van der Waals surface area contributed by atoms with Crippen LogP contribution in [0.3, 0.4) is 0 Å². The van der Waals surface area contributed by atoms with Gasteiger partial charge in [0.15, 0.2) is 5.82 Å². The molecule has 0 radical (unpaired) electrons. The molecule has 0 aliphatic heterocycles. The van der Waals surface area contributed by atoms with E-state index in [1.54, 1.807) is 0 Å². The van der Waals surface area contributed by atoms with Gasteiger partial charge < -0.3 is 9.84 Å². The quantitative estimate of drug-likeness (QED) is 0.746. The molecule has 0 aliphatic carbocycles. The van der Waals surface area contributed by atoms with Crippen molar-refractivity contribution in [3.8, 4) is 0 Å². The van der Waals surface area contributed by atoms with Crippen LogP contribution >= 0.6 is 0 Å². The molecule has 1 amide bonds. The first-order valence-electron chi connectivity index (χ1n) is 7.27. The molecule has 5 nitrogen and oxygen atoms in total. The molecule has 1 heterocycles. The number of nitrogens with one attached hydrogen (secondary N) is 1. The molecule has 0 saturated carbocycles. The molecule has 0 aliphatic rings. The molecule has 1 aromatic heterocycles. The van der Waals surface area contributed by atoms with Gasteiger partial charge in [-0.15, -0.1) is 0 Å². The van der Waals surface area contributed by atoms with E-state index in [2.05, 4.69) is 36.2 Å². The number of aromatic nitrogens is 2. The van der Waals surface area contributed by atoms with Crippen molar-refractivity contribution in [2.24, 2.45) is 5.92 Å². The lowest BCUT2D eigenvalue weighted by molar-refractivity contribution is -0.121. The van der Waals surface area contributed by atoms with Gasteiger partial charge in [0.2, 0.25) is 11.8 Å². The number of amides is 1. The number of carbonyl (C=O) groups excluding carboxylic acids is 1. The van der Waals surface area contributed by atoms with Crippen molar-refractivity contribution < 1.29 is 9.32 Å². The SMILES string of the molecule is CCCc1noc(CCC(=O)NCC(CC)CC)n1. The van der Waals surface area contributed by atoms with Crippen LogP contribution in [0.1, 0.15) is 58.2 Å². The van der Waals surface area contributed by atoms with Gasteiger partial charge in [0.1, 0.15) is 0 Å². The minimum Gasteiger partial charge on any atom is -0.356 e. The number of aryl methyl sites for hydroxylation is 2. The second-order valence-electron chi connectivity index (χ2n) is 4.84. The summed E-state index contributed by atoms with van der Waals surface area (Å²) in [6.07, 6.45) is 4.94. The third kappa shape index (κ3) is 5.85. The van der Waals surface area contributed by atoms with E-state index < -0.39 is 0 Å². The van der Waals surface area contributed by atoms with Crippen molar-refractivity contribution in [1.82, 2.24) is 15.5 Å². The summed E-state index contributed by atoms with van der Waals surface area (Å²) in [6, 6.07) is 0. The predicted molar refractivity (Wildman–Crippen MR) is 73.7 cm³/mol. The molecule has 0 spiro atoms. The zero-order chi connectivity index (χ0) is 14.1. The van der Waals surface area contributed by atoms with Crippen molar-refractivity contribution in [2.45, 2.75) is 59.3 Å². The molecule has 0 atom stereocenters. The fourth-order valence-corrected chi connectivity index (χ4v) is 1.86. The molecule has 1 aromatic rings. The molecular weight excluding hydrogens is 242 g/mol. The van der Waals surface area contributed by atoms with Crippen molar-refractivity contribution in [3.63, 3.8) is 0 Å². The van der Waals surface area contributed by atoms with Gasteiger partial charge in [0, 0.05) is 25.8 Å². The Labute approximate surface area is 115 Å². The summed E-state index contributed by atoms with van der Waals surface area (Å²) in [5, 5.41) is 6.82. The van der Waals surface area contributed by atoms with Crippen molar-refractivity contribution in [2.75, 3.05) is 6.54 Å². The zero-order valence-electron chi connectivity index (χ0n) is 12.2. The number of hydrogen-bond donors (Lipinski definition) is 1. The van der Waals surface area contributed by atoms with E-state index in [0.717, 1.165) is 38.1 Å². The molecule has 0 aromatic carbocycles. The van der Waals surface area contributed by atoms with E-state index in [4.69, 9.17) is 4.52 Å². The smallest absolute Gasteiger partial charge is 0.227 e. The van der Waals surface area contributed by atoms with E-state index in [1.807, 2.05) is 0 Å². The van der Waals surface area contributed by atoms with Crippen molar-refractivity contribution in [3.05, 3.63) is 11.7 Å². The second kappa shape index (κ2) is 8.67. The van der Waals surface area contributed by atoms with Gasteiger partial charge in [0.05, 0.1) is 0 Å². The maximum atomic E-state index is 11.7. The van der Waals surface area contributed by atoms with Gasteiger partial charge in [-0.2, -0.15) is 4.98 Å². The van der Waals surface area contributed by atoms with Gasteiger partial charge >= 0.3 is 0 Å². The summed E-state index contributed by atoms with van der Waals surface area (Å²) in [5.41, 5.74) is 0. The summed E-state index contributed by atoms with van der Waals surface area (Å²) in [7, 11) is 0. The first kappa shape index (κ1) is 15.7. The lowest BCUT2D eigenvalue weighted by Crippen LogP contribution is -2.29. The van der Waals surface area contributed by atoms with Crippen LogP contribution in [0.5, 0.6) is 0 Å². The highest BCUT2D eigenvalue weighted by Gasteiger charge is 2.10. The highest BCUT2D eigenvalue weighted by molar-refractivity contribution is 5.75. The van der Waals surface area contributed by atoms with Crippen molar-refractivity contribution >= 4 is 5.91 Å². The van der Waals surface area contributed by atoms with Crippen LogP contribution in [0.4, 0.5) is 0 Å². The highest BCUT2D eigenvalue weighted by Crippen LogP contribution is 2.06. The van der Waals surface area contributed by atoms with Crippen LogP contribution in [0, 0.1) is 5.92 Å². The second-order valence-corrected chi connectivity index (χ2v) is 4.84. The predicted octanol–water partition coefficient (Wildman–Crippen LogP) is 2.51. The van der Waals surface area contributed by atoms with Gasteiger partial charge in [-0.05, 0) is 12.3 Å². The zero-order valence-corrected chi connectivity index (χ0v) is 12.2. The molecule has 5 heteroatoms. The van der Waals surface area contributed by atoms with Crippen LogP contribution in [-0.2, 0) is 17.6 Å². The average molecular weight is 267 g/mol. The molecule has 1 rings (SSSR count). The number of nitrogens with zero attached hydrogens (tertiary/aromatic N) is 2. The van der Waals surface area contributed by atoms with Gasteiger partial charge in [-0.3, -0.25) is 4.79 Å². The standard InChI is InChI=1S/C14H25N3O2/c1-4-7-12-16-14(19-17-12)9-8-13(18)15-10-11(5-2)6-3/h11H,4-10H2,1-3H3,(H,15,18). The minimum absolute atomic E-state index is 0.0575. The highest BCUT2D eigenvalue weighted by atomic mass is 16.5. The molecule has 19 heavy (non-hydrogen) atoms. The van der Waals surface area contributed by atoms with Gasteiger partial charge in [-0.1, -0.05) is 38.8 Å². The normalized spacial score (nSPS) is 10.9. The summed E-state index contributed by atoms with van der Waals surface area (Å²) in [6.45, 7) is 7.13. The van der Waals surface area contributed by atoms with Crippen LogP contribution in [0.25, 0.3) is 0 Å². The van der Waals surface area contributed by atoms with E-state index in [9.17, 15) is 4.79 Å². The van der Waals surface area contributed by atoms with E-state index in [1.165, 1.54) is 0 Å². The molecule has 108 valence electrons. The third-order valence-corrected chi connectivity index (χ3v) is 3.29. The third-order valence-electron chi connectivity index (χ3n) is 3.29. The van der Waals surface area contributed by atoms with E-state index in [-0.39, 0.29) is 5.91 Å². The van der Waals surface area contributed by atoms with Crippen LogP contribution in [0.15, 0.2) is 4.52 Å². The lowest BCUT2D eigenvalue weighted by atomic mass is 10.0. The molecule has 1 N–H and O–H groups in total. The minimum atomic E-state index is 0.0575. The fourth-order valence-electron chi connectivity index (χ4n) is 1.86. The topological polar surface area (TPSA) is 68.0 Å². The Balaban J connectivity index is 2.25. The van der Waals surface area contributed by atoms with Crippen LogP contribution < -0.4 is 5.32 Å². The Kier molecular flexibility index (Phi) is 7.15. The molecule has 0 bridgehead atoms. The summed E-state index contributed by atoms with van der Waals surface area (Å²) >= 11 is 0. The van der Waals surface area contributed by atoms with E-state index in [0.29, 0.717) is 24.7 Å². The van der Waals surface area contributed by atoms with E-state index >= 15 is 0 Å². The van der Waals surface area contributed by atoms with Gasteiger partial charge in [-0.25, -0.2) is 0 Å². The Morgan fingerprint density at radius 3 is 2.63 bits per heavy atom. The van der Waals surface area contributed by atoms with Crippen LogP contribution in [-0.4, -0.2) is 22.6 Å². The van der Waals surface area contributed by atoms with Crippen LogP contribution in [0.2, 0.25) is 0 Å². The summed E-state index contributed by atoms with van der Waals surface area (Å²) in [4.78, 5) is 15.9. The van der Waals surface area contributed by atoms with Gasteiger partial charge in [0.25, 0.3) is 0 Å². The summed E-state index contributed by atoms with van der Waals surface area (Å²) < 4.78 is 5.09. The monoisotopic (exact) mass is 267 g/mol. The number of rotatable bonds is 9. The van der Waals surface area contributed by atoms with Crippen molar-refractivity contribution in [1.29, 1.82) is 0 Å². The first-order chi connectivity index (χ1) is 9.19. The Morgan fingerprint density at radius 2 is 2.00 bits per heavy atom. The molecule has 0 unspecified atom stereocenters. The molecular formula is C14H25N3O2. The first-order valence-corrected chi connectivity index (χ1v) is 7.27. The number of carbonyl (C=O) groups is 1. The fraction of sp³-hybridized carbons (Fsp3) is 0.786. The Morgan fingerprint density at radius 1 is 1.26 bits per heavy atom. The maximum Gasteiger partial charge on any atom is 0.227 e. The number of hydrogen-bond acceptors (Lipinski definition) is 4. The Hall–Kier alpha value is -1.39. The lowest BCUT2D eigenvalue weighted by Gasteiger charge is -2.12. The summed E-state index contributed by atoms with van der Waals surface area (Å²) in [5.74, 6) is 1.92. The largest absolute Gasteiger partial charge is 0.356 e. The Bertz CT molecular complexity index is 373. The molecule has 0 saturated heterocycles. The molecule has 0 fully saturated rings. The average Bonchev–Trinajstić information content (AvgIpc) is 2.86.